The molecule has 1 aliphatic rings. The summed E-state index contributed by atoms with van der Waals surface area (Å²) in [6, 6.07) is 0. The largest absolute Gasteiger partial charge is 0.457 e. The van der Waals surface area contributed by atoms with Gasteiger partial charge in [0.15, 0.2) is 6.29 Å². The fourth-order valence-electron chi connectivity index (χ4n) is 6.50. The fraction of sp³-hybridized carbons (Fsp3) is 0.604. The zero-order valence-electron chi connectivity index (χ0n) is 39.9. The van der Waals surface area contributed by atoms with Crippen LogP contribution in [-0.2, 0) is 38.3 Å². The Hall–Kier alpha value is -3.50. The number of hydrogen-bond acceptors (Lipinski definition) is 11. The van der Waals surface area contributed by atoms with Crippen molar-refractivity contribution in [3.05, 3.63) is 122 Å². The lowest BCUT2D eigenvalue weighted by molar-refractivity contribution is -0.301. The molecule has 66 heavy (non-hydrogen) atoms. The summed E-state index contributed by atoms with van der Waals surface area (Å²) < 4.78 is 59.1. The van der Waals surface area contributed by atoms with Gasteiger partial charge in [-0.15, -0.1) is 0 Å². The molecule has 6 atom stereocenters. The summed E-state index contributed by atoms with van der Waals surface area (Å²) in [5, 5.41) is 30.7. The van der Waals surface area contributed by atoms with Crippen molar-refractivity contribution in [3.8, 4) is 0 Å². The van der Waals surface area contributed by atoms with Gasteiger partial charge >= 0.3 is 16.4 Å². The molecule has 1 heterocycles. The zero-order chi connectivity index (χ0) is 48.2. The molecule has 0 aliphatic carbocycles. The normalized spacial score (nSPS) is 20.6. The van der Waals surface area contributed by atoms with Gasteiger partial charge in [-0.25, -0.2) is 4.18 Å². The average molecular weight is 945 g/mol. The Morgan fingerprint density at radius 2 is 1.00 bits per heavy atom. The number of ether oxygens (including phenoxy) is 4. The van der Waals surface area contributed by atoms with Gasteiger partial charge in [-0.05, 0) is 96.3 Å². The maximum Gasteiger partial charge on any atom is 0.397 e. The van der Waals surface area contributed by atoms with E-state index in [2.05, 4.69) is 140 Å². The molecule has 0 saturated carbocycles. The molecule has 0 radical (unpaired) electrons. The van der Waals surface area contributed by atoms with Crippen LogP contribution in [0.4, 0.5) is 0 Å². The summed E-state index contributed by atoms with van der Waals surface area (Å²) >= 11 is 0. The summed E-state index contributed by atoms with van der Waals surface area (Å²) in [6.45, 7) is 3.56. The predicted octanol–water partition coefficient (Wildman–Crippen LogP) is 11.0. The Morgan fingerprint density at radius 3 is 1.45 bits per heavy atom. The lowest BCUT2D eigenvalue weighted by Gasteiger charge is -2.41. The zero-order valence-corrected chi connectivity index (χ0v) is 40.8. The van der Waals surface area contributed by atoms with E-state index in [1.165, 1.54) is 0 Å². The van der Waals surface area contributed by atoms with E-state index in [4.69, 9.17) is 18.9 Å². The highest BCUT2D eigenvalue weighted by Crippen LogP contribution is 2.26. The smallest absolute Gasteiger partial charge is 0.397 e. The SMILES string of the molecule is CC/C=C\C/C=C\C/C=C\C/C=C\C/C=C\C/C=C\CCCOCC(COC1OC(CO)C(O)C(OS(=O)(=O)O)C1O)OC(=O)CCCCCCCC/C=C\C/C=C\C/C=C\C/C=C\CC. The molecule has 0 amide bonds. The number of aliphatic hydroxyl groups excluding tert-OH is 3. The lowest BCUT2D eigenvalue weighted by Crippen LogP contribution is -2.60. The van der Waals surface area contributed by atoms with Crippen molar-refractivity contribution in [1.82, 2.24) is 0 Å². The van der Waals surface area contributed by atoms with Crippen LogP contribution < -0.4 is 0 Å². The number of allylic oxidation sites excluding steroid dienone is 20. The molecule has 13 heteroatoms. The van der Waals surface area contributed by atoms with Crippen LogP contribution in [0.25, 0.3) is 0 Å². The first-order chi connectivity index (χ1) is 32.1. The molecule has 1 rings (SSSR count). The van der Waals surface area contributed by atoms with Crippen molar-refractivity contribution in [3.63, 3.8) is 0 Å². The molecule has 0 aromatic heterocycles. The number of carbonyl (C=O) groups is 1. The molecule has 1 fully saturated rings. The molecule has 1 aliphatic heterocycles. The monoisotopic (exact) mass is 945 g/mol. The van der Waals surface area contributed by atoms with Gasteiger partial charge < -0.3 is 34.3 Å². The number of carbonyl (C=O) groups excluding carboxylic acids is 1. The van der Waals surface area contributed by atoms with E-state index < -0.39 is 59.8 Å². The first-order valence-electron chi connectivity index (χ1n) is 24.3. The number of unbranched alkanes of at least 4 members (excludes halogenated alkanes) is 7. The van der Waals surface area contributed by atoms with E-state index >= 15 is 0 Å². The Bertz CT molecular complexity index is 1610. The van der Waals surface area contributed by atoms with Gasteiger partial charge in [0, 0.05) is 13.0 Å². The van der Waals surface area contributed by atoms with Crippen LogP contribution in [0, 0.1) is 0 Å². The van der Waals surface area contributed by atoms with Gasteiger partial charge in [0.25, 0.3) is 0 Å². The highest BCUT2D eigenvalue weighted by molar-refractivity contribution is 7.80. The number of hydrogen-bond donors (Lipinski definition) is 4. The van der Waals surface area contributed by atoms with E-state index in [1.54, 1.807) is 0 Å². The molecule has 4 N–H and O–H groups in total. The third kappa shape index (κ3) is 35.7. The van der Waals surface area contributed by atoms with Crippen LogP contribution in [0.3, 0.4) is 0 Å². The maximum atomic E-state index is 12.9. The third-order valence-electron chi connectivity index (χ3n) is 10.1. The van der Waals surface area contributed by atoms with Crippen molar-refractivity contribution < 1.29 is 56.2 Å². The highest BCUT2D eigenvalue weighted by atomic mass is 32.3. The van der Waals surface area contributed by atoms with Crippen LogP contribution >= 0.6 is 0 Å². The van der Waals surface area contributed by atoms with Crippen LogP contribution in [0.15, 0.2) is 122 Å². The molecule has 0 aromatic carbocycles. The minimum absolute atomic E-state index is 0.0193. The van der Waals surface area contributed by atoms with E-state index in [9.17, 15) is 33.1 Å². The van der Waals surface area contributed by atoms with Crippen LogP contribution in [0.2, 0.25) is 0 Å². The topological polar surface area (TPSA) is 178 Å². The van der Waals surface area contributed by atoms with Crippen molar-refractivity contribution in [2.24, 2.45) is 0 Å². The molecule has 0 aromatic rings. The highest BCUT2D eigenvalue weighted by Gasteiger charge is 2.48. The third-order valence-corrected chi connectivity index (χ3v) is 10.5. The van der Waals surface area contributed by atoms with E-state index in [0.717, 1.165) is 116 Å². The molecular weight excluding hydrogens is 861 g/mol. The molecule has 1 saturated heterocycles. The maximum absolute atomic E-state index is 12.9. The van der Waals surface area contributed by atoms with Crippen molar-refractivity contribution >= 4 is 16.4 Å². The molecule has 0 spiro atoms. The van der Waals surface area contributed by atoms with E-state index in [-0.39, 0.29) is 19.6 Å². The van der Waals surface area contributed by atoms with Gasteiger partial charge in [-0.3, -0.25) is 9.35 Å². The van der Waals surface area contributed by atoms with Gasteiger partial charge in [0.1, 0.15) is 30.5 Å². The number of esters is 1. The second-order valence-corrected chi connectivity index (χ2v) is 17.0. The van der Waals surface area contributed by atoms with Gasteiger partial charge in [0.2, 0.25) is 0 Å². The Balaban J connectivity index is 2.47. The minimum atomic E-state index is -5.08. The quantitative estimate of drug-likeness (QED) is 0.0198. The summed E-state index contributed by atoms with van der Waals surface area (Å²) in [6.07, 6.45) is 52.3. The second kappa shape index (κ2) is 42.8. The van der Waals surface area contributed by atoms with Crippen LogP contribution in [0.1, 0.15) is 142 Å². The van der Waals surface area contributed by atoms with Gasteiger partial charge in [-0.1, -0.05) is 161 Å². The molecular formula is C53H84O12S. The minimum Gasteiger partial charge on any atom is -0.457 e. The lowest BCUT2D eigenvalue weighted by atomic mass is 9.99. The molecule has 12 nitrogen and oxygen atoms in total. The Kier molecular flexibility index (Phi) is 39.3. The van der Waals surface area contributed by atoms with E-state index in [0.29, 0.717) is 13.0 Å². The van der Waals surface area contributed by atoms with Crippen molar-refractivity contribution in [2.75, 3.05) is 26.4 Å². The Morgan fingerprint density at radius 1 is 0.576 bits per heavy atom. The molecule has 374 valence electrons. The van der Waals surface area contributed by atoms with Gasteiger partial charge in [-0.2, -0.15) is 8.42 Å². The first kappa shape index (κ1) is 60.5. The summed E-state index contributed by atoms with van der Waals surface area (Å²) in [5.74, 6) is -0.439. The van der Waals surface area contributed by atoms with Crippen LogP contribution in [-0.4, -0.2) is 97.5 Å². The number of aliphatic hydroxyl groups is 3. The molecule has 6 unspecified atom stereocenters. The van der Waals surface area contributed by atoms with Gasteiger partial charge in [0.05, 0.1) is 19.8 Å². The van der Waals surface area contributed by atoms with Crippen molar-refractivity contribution in [2.45, 2.75) is 179 Å². The van der Waals surface area contributed by atoms with Crippen LogP contribution in [0.5, 0.6) is 0 Å². The van der Waals surface area contributed by atoms with E-state index in [1.807, 2.05) is 0 Å². The summed E-state index contributed by atoms with van der Waals surface area (Å²) in [5.41, 5.74) is 0. The first-order valence-corrected chi connectivity index (χ1v) is 25.7. The average Bonchev–Trinajstić information content (AvgIpc) is 3.29. The predicted molar refractivity (Wildman–Crippen MR) is 266 cm³/mol. The Labute approximate surface area is 398 Å². The summed E-state index contributed by atoms with van der Waals surface area (Å²) in [7, 11) is -5.08. The molecule has 0 bridgehead atoms. The second-order valence-electron chi connectivity index (χ2n) is 15.9. The summed E-state index contributed by atoms with van der Waals surface area (Å²) in [4.78, 5) is 12.9. The van der Waals surface area contributed by atoms with Crippen molar-refractivity contribution in [1.29, 1.82) is 0 Å². The fourth-order valence-corrected chi connectivity index (χ4v) is 7.01. The number of rotatable bonds is 40. The standard InChI is InChI=1S/C53H84O12S/c1-3-5-7-9-11-13-15-17-19-21-23-25-27-29-31-33-35-37-39-41-43-61-45-47(46-62-53-51(57)52(65-66(58,59)60)50(56)48(44-54)64-53)63-49(55)42-40-38-36-34-32-30-28-26-24-22-20-18-16-14-12-10-8-6-4-2/h5-8,11-14,17-20,23-26,29,31,35,37,47-48,50-54,56-57H,3-4,9-10,15-16,21-22,27-28,30,32-34,36,38-46H2,1-2H3,(H,58,59,60)/b7-5-,8-6-,13-11-,14-12-,19-17-,20-18-,25-23-,26-24-,31-29-,37-35-.